The molecule has 0 N–H and O–H groups in total. The van der Waals surface area contributed by atoms with Gasteiger partial charge in [-0.15, -0.1) is 0 Å². The molecule has 0 bridgehead atoms. The molecule has 116 valence electrons. The average Bonchev–Trinajstić information content (AvgIpc) is 2.93. The van der Waals surface area contributed by atoms with Crippen molar-refractivity contribution in [3.05, 3.63) is 58.4 Å². The molecule has 0 saturated heterocycles. The van der Waals surface area contributed by atoms with Crippen molar-refractivity contribution in [3.8, 4) is 0 Å². The van der Waals surface area contributed by atoms with E-state index in [-0.39, 0.29) is 17.6 Å². The molecule has 4 heteroatoms. The van der Waals surface area contributed by atoms with E-state index in [0.29, 0.717) is 18.7 Å². The van der Waals surface area contributed by atoms with Crippen molar-refractivity contribution in [1.82, 2.24) is 4.98 Å². The van der Waals surface area contributed by atoms with E-state index in [0.717, 1.165) is 34.5 Å². The molecule has 2 heterocycles. The van der Waals surface area contributed by atoms with Crippen LogP contribution in [0.15, 0.2) is 30.3 Å². The molecule has 4 nitrogen and oxygen atoms in total. The van der Waals surface area contributed by atoms with E-state index in [4.69, 9.17) is 0 Å². The summed E-state index contributed by atoms with van der Waals surface area (Å²) in [5.41, 5.74) is 5.15. The van der Waals surface area contributed by atoms with Gasteiger partial charge in [-0.25, -0.2) is 4.98 Å². The highest BCUT2D eigenvalue weighted by atomic mass is 16.2. The molecule has 1 atom stereocenters. The Balaban J connectivity index is 1.77. The number of nitrogens with zero attached hydrogens (tertiary/aromatic N) is 2. The van der Waals surface area contributed by atoms with Gasteiger partial charge < -0.3 is 4.90 Å². The lowest BCUT2D eigenvalue weighted by Crippen LogP contribution is -2.30. The van der Waals surface area contributed by atoms with Crippen molar-refractivity contribution in [3.63, 3.8) is 0 Å². The number of carbonyl (C=O) groups is 2. The highest BCUT2D eigenvalue weighted by Crippen LogP contribution is 2.44. The summed E-state index contributed by atoms with van der Waals surface area (Å²) in [4.78, 5) is 31.3. The molecule has 1 aliphatic carbocycles. The quantitative estimate of drug-likeness (QED) is 0.811. The topological polar surface area (TPSA) is 50.3 Å². The highest BCUT2D eigenvalue weighted by Gasteiger charge is 2.38. The van der Waals surface area contributed by atoms with Crippen molar-refractivity contribution in [2.45, 2.75) is 32.6 Å². The molecule has 2 aliphatic rings. The van der Waals surface area contributed by atoms with Gasteiger partial charge in [0.1, 0.15) is 5.69 Å². The Hall–Kier alpha value is -2.49. The van der Waals surface area contributed by atoms with E-state index in [1.165, 1.54) is 0 Å². The number of hydrogen-bond donors (Lipinski definition) is 0. The van der Waals surface area contributed by atoms with Crippen molar-refractivity contribution in [2.75, 3.05) is 11.4 Å². The molecule has 1 aromatic heterocycles. The number of aromatic nitrogens is 1. The van der Waals surface area contributed by atoms with Crippen LogP contribution in [-0.4, -0.2) is 23.2 Å². The standard InChI is InChI=1S/C19H18N2O2/c1-11-6-8-15(20-12(11)2)19(23)21-10-13-7-9-17(22)14-4-3-5-16(21)18(13)14/h3-6,8,13H,7,9-10H2,1-2H3/t13-/m1/s1. The van der Waals surface area contributed by atoms with E-state index in [2.05, 4.69) is 4.98 Å². The Kier molecular flexibility index (Phi) is 3.08. The van der Waals surface area contributed by atoms with Crippen LogP contribution < -0.4 is 4.90 Å². The third-order valence-electron chi connectivity index (χ3n) is 5.02. The Labute approximate surface area is 135 Å². The number of ketones is 1. The zero-order valence-corrected chi connectivity index (χ0v) is 13.3. The van der Waals surface area contributed by atoms with Gasteiger partial charge in [-0.3, -0.25) is 9.59 Å². The first kappa shape index (κ1) is 14.1. The molecular formula is C19H18N2O2. The lowest BCUT2D eigenvalue weighted by atomic mass is 9.83. The molecule has 1 aromatic carbocycles. The lowest BCUT2D eigenvalue weighted by Gasteiger charge is -2.18. The monoisotopic (exact) mass is 306 g/mol. The van der Waals surface area contributed by atoms with Gasteiger partial charge in [-0.1, -0.05) is 18.2 Å². The van der Waals surface area contributed by atoms with E-state index in [1.54, 1.807) is 11.0 Å². The number of Topliss-reactive ketones (excluding diaryl/α,β-unsaturated/α-hetero) is 1. The highest BCUT2D eigenvalue weighted by molar-refractivity contribution is 6.09. The Morgan fingerprint density at radius 2 is 2.04 bits per heavy atom. The predicted molar refractivity (Wildman–Crippen MR) is 88.1 cm³/mol. The van der Waals surface area contributed by atoms with Crippen molar-refractivity contribution < 1.29 is 9.59 Å². The summed E-state index contributed by atoms with van der Waals surface area (Å²) < 4.78 is 0. The van der Waals surface area contributed by atoms with Crippen LogP contribution in [0.5, 0.6) is 0 Å². The van der Waals surface area contributed by atoms with Gasteiger partial charge in [0.25, 0.3) is 5.91 Å². The van der Waals surface area contributed by atoms with Crippen LogP contribution >= 0.6 is 0 Å². The van der Waals surface area contributed by atoms with Gasteiger partial charge in [0, 0.05) is 35.8 Å². The second-order valence-electron chi connectivity index (χ2n) is 6.41. The summed E-state index contributed by atoms with van der Waals surface area (Å²) >= 11 is 0. The number of aryl methyl sites for hydroxylation is 2. The van der Waals surface area contributed by atoms with Gasteiger partial charge >= 0.3 is 0 Å². The molecule has 2 aromatic rings. The first-order chi connectivity index (χ1) is 11.1. The van der Waals surface area contributed by atoms with Gasteiger partial charge in [0.2, 0.25) is 0 Å². The minimum Gasteiger partial charge on any atom is -0.306 e. The molecule has 1 aliphatic heterocycles. The van der Waals surface area contributed by atoms with Crippen LogP contribution in [0.1, 0.15) is 56.4 Å². The maximum Gasteiger partial charge on any atom is 0.276 e. The smallest absolute Gasteiger partial charge is 0.276 e. The fraction of sp³-hybridized carbons (Fsp3) is 0.316. The average molecular weight is 306 g/mol. The number of pyridine rings is 1. The second-order valence-corrected chi connectivity index (χ2v) is 6.41. The summed E-state index contributed by atoms with van der Waals surface area (Å²) in [6.07, 6.45) is 1.40. The Morgan fingerprint density at radius 3 is 2.83 bits per heavy atom. The fourth-order valence-corrected chi connectivity index (χ4v) is 3.63. The van der Waals surface area contributed by atoms with Crippen LogP contribution in [0.4, 0.5) is 5.69 Å². The first-order valence-corrected chi connectivity index (χ1v) is 7.98. The van der Waals surface area contributed by atoms with Gasteiger partial charge in [0.05, 0.1) is 0 Å². The zero-order valence-electron chi connectivity index (χ0n) is 13.3. The van der Waals surface area contributed by atoms with Crippen molar-refractivity contribution in [1.29, 1.82) is 0 Å². The van der Waals surface area contributed by atoms with Gasteiger partial charge in [-0.05, 0) is 43.5 Å². The number of hydrogen-bond acceptors (Lipinski definition) is 3. The number of rotatable bonds is 1. The molecule has 1 amide bonds. The number of anilines is 1. The minimum atomic E-state index is -0.0802. The van der Waals surface area contributed by atoms with Gasteiger partial charge in [-0.2, -0.15) is 0 Å². The number of benzene rings is 1. The molecule has 23 heavy (non-hydrogen) atoms. The van der Waals surface area contributed by atoms with E-state index < -0.39 is 0 Å². The van der Waals surface area contributed by atoms with E-state index in [9.17, 15) is 9.59 Å². The summed E-state index contributed by atoms with van der Waals surface area (Å²) in [6, 6.07) is 9.41. The summed E-state index contributed by atoms with van der Waals surface area (Å²) in [7, 11) is 0. The third-order valence-corrected chi connectivity index (χ3v) is 5.02. The van der Waals surface area contributed by atoms with E-state index in [1.807, 2.05) is 38.1 Å². The maximum absolute atomic E-state index is 12.9. The normalized spacial score (nSPS) is 19.0. The number of amides is 1. The molecular weight excluding hydrogens is 288 g/mol. The predicted octanol–water partition coefficient (Wildman–Crippen LogP) is 3.42. The van der Waals surface area contributed by atoms with Crippen LogP contribution in [0, 0.1) is 13.8 Å². The van der Waals surface area contributed by atoms with Crippen LogP contribution in [0.25, 0.3) is 0 Å². The van der Waals surface area contributed by atoms with E-state index >= 15 is 0 Å². The molecule has 0 fully saturated rings. The molecule has 4 rings (SSSR count). The van der Waals surface area contributed by atoms with Crippen LogP contribution in [0.3, 0.4) is 0 Å². The third kappa shape index (κ3) is 2.09. The largest absolute Gasteiger partial charge is 0.306 e. The SMILES string of the molecule is Cc1ccc(C(=O)N2C[C@H]3CCC(=O)c4cccc2c43)nc1C. The minimum absolute atomic E-state index is 0.0802. The molecule has 0 radical (unpaired) electrons. The Bertz CT molecular complexity index is 841. The lowest BCUT2D eigenvalue weighted by molar-refractivity contribution is 0.0968. The van der Waals surface area contributed by atoms with Gasteiger partial charge in [0.15, 0.2) is 5.78 Å². The zero-order chi connectivity index (χ0) is 16.1. The molecule has 0 spiro atoms. The van der Waals surface area contributed by atoms with Crippen molar-refractivity contribution >= 4 is 17.4 Å². The summed E-state index contributed by atoms with van der Waals surface area (Å²) in [5, 5.41) is 0. The summed E-state index contributed by atoms with van der Waals surface area (Å²) in [6.45, 7) is 4.54. The van der Waals surface area contributed by atoms with Crippen LogP contribution in [-0.2, 0) is 0 Å². The Morgan fingerprint density at radius 1 is 1.22 bits per heavy atom. The fourth-order valence-electron chi connectivity index (χ4n) is 3.63. The van der Waals surface area contributed by atoms with Crippen LogP contribution in [0.2, 0.25) is 0 Å². The maximum atomic E-state index is 12.9. The first-order valence-electron chi connectivity index (χ1n) is 7.98. The second kappa shape index (κ2) is 5.01. The summed E-state index contributed by atoms with van der Waals surface area (Å²) in [5.74, 6) is 0.384. The number of carbonyl (C=O) groups excluding carboxylic acids is 2. The molecule has 0 saturated carbocycles. The van der Waals surface area contributed by atoms with Crippen molar-refractivity contribution in [2.24, 2.45) is 0 Å². The molecule has 0 unspecified atom stereocenters.